The molecule has 1 saturated heterocycles. The Bertz CT molecular complexity index is 534. The first-order valence-corrected chi connectivity index (χ1v) is 7.10. The summed E-state index contributed by atoms with van der Waals surface area (Å²) in [6, 6.07) is 5.84. The van der Waals surface area contributed by atoms with Gasteiger partial charge in [0.15, 0.2) is 5.13 Å². The number of aromatic nitrogens is 1. The summed E-state index contributed by atoms with van der Waals surface area (Å²) in [6.45, 7) is 2.77. The summed E-state index contributed by atoms with van der Waals surface area (Å²) in [6.07, 6.45) is 2.29. The van der Waals surface area contributed by atoms with Crippen LogP contribution in [0.25, 0.3) is 10.2 Å². The van der Waals surface area contributed by atoms with Crippen molar-refractivity contribution in [1.29, 1.82) is 0 Å². The lowest BCUT2D eigenvalue weighted by molar-refractivity contribution is 0.0699. The van der Waals surface area contributed by atoms with Gasteiger partial charge in [0.05, 0.1) is 10.2 Å². The predicted octanol–water partition coefficient (Wildman–Crippen LogP) is 2.72. The van der Waals surface area contributed by atoms with E-state index in [-0.39, 0.29) is 0 Å². The zero-order chi connectivity index (χ0) is 12.4. The third-order valence-electron chi connectivity index (χ3n) is 3.30. The molecule has 1 aromatic carbocycles. The number of anilines is 2. The quantitative estimate of drug-likeness (QED) is 0.836. The minimum atomic E-state index is 0.704. The van der Waals surface area contributed by atoms with E-state index in [4.69, 9.17) is 10.5 Å². The molecule has 18 heavy (non-hydrogen) atoms. The van der Waals surface area contributed by atoms with E-state index in [1.165, 1.54) is 0 Å². The van der Waals surface area contributed by atoms with Crippen LogP contribution in [0.15, 0.2) is 18.2 Å². The van der Waals surface area contributed by atoms with Crippen LogP contribution in [0.3, 0.4) is 0 Å². The normalized spacial score (nSPS) is 17.1. The van der Waals surface area contributed by atoms with Crippen LogP contribution in [0.4, 0.5) is 10.8 Å². The molecule has 5 heteroatoms. The second-order valence-electron chi connectivity index (χ2n) is 4.68. The highest BCUT2D eigenvalue weighted by Gasteiger charge is 2.14. The monoisotopic (exact) mass is 263 g/mol. The molecule has 1 aliphatic rings. The summed E-state index contributed by atoms with van der Waals surface area (Å²) in [4.78, 5) is 4.56. The van der Waals surface area contributed by atoms with Crippen molar-refractivity contribution in [2.24, 2.45) is 5.92 Å². The first kappa shape index (κ1) is 11.7. The highest BCUT2D eigenvalue weighted by molar-refractivity contribution is 7.22. The molecule has 0 radical (unpaired) electrons. The van der Waals surface area contributed by atoms with E-state index in [2.05, 4.69) is 10.3 Å². The molecule has 0 unspecified atom stereocenters. The van der Waals surface area contributed by atoms with E-state index in [0.29, 0.717) is 5.92 Å². The molecule has 1 aromatic heterocycles. The smallest absolute Gasteiger partial charge is 0.183 e. The number of nitrogens with zero attached hydrogens (tertiary/aromatic N) is 1. The van der Waals surface area contributed by atoms with Crippen LogP contribution < -0.4 is 11.1 Å². The molecule has 0 saturated carbocycles. The maximum atomic E-state index is 5.77. The Morgan fingerprint density at radius 2 is 2.22 bits per heavy atom. The topological polar surface area (TPSA) is 60.2 Å². The number of nitrogens with two attached hydrogens (primary N) is 1. The van der Waals surface area contributed by atoms with Crippen molar-refractivity contribution in [3.63, 3.8) is 0 Å². The summed E-state index contributed by atoms with van der Waals surface area (Å²) < 4.78 is 6.50. The second-order valence-corrected chi connectivity index (χ2v) is 5.71. The van der Waals surface area contributed by atoms with Crippen LogP contribution in [0.1, 0.15) is 12.8 Å². The standard InChI is InChI=1S/C13H17N3OS/c14-10-1-2-11-12(7-10)18-13(16-11)15-8-9-3-5-17-6-4-9/h1-2,7,9H,3-6,8,14H2,(H,15,16). The maximum Gasteiger partial charge on any atom is 0.183 e. The Morgan fingerprint density at radius 3 is 3.06 bits per heavy atom. The molecule has 3 N–H and O–H groups in total. The number of nitrogens with one attached hydrogen (secondary N) is 1. The Kier molecular flexibility index (Phi) is 3.34. The molecule has 2 heterocycles. The SMILES string of the molecule is Nc1ccc2nc(NCC3CCOCC3)sc2c1. The van der Waals surface area contributed by atoms with Crippen LogP contribution in [-0.4, -0.2) is 24.7 Å². The number of thiazole rings is 1. The van der Waals surface area contributed by atoms with Crippen molar-refractivity contribution in [2.75, 3.05) is 30.8 Å². The molecular formula is C13H17N3OS. The highest BCUT2D eigenvalue weighted by atomic mass is 32.1. The molecule has 0 bridgehead atoms. The lowest BCUT2D eigenvalue weighted by Crippen LogP contribution is -2.22. The van der Waals surface area contributed by atoms with Crippen molar-refractivity contribution in [2.45, 2.75) is 12.8 Å². The number of hydrogen-bond acceptors (Lipinski definition) is 5. The molecule has 96 valence electrons. The van der Waals surface area contributed by atoms with Crippen molar-refractivity contribution < 1.29 is 4.74 Å². The van der Waals surface area contributed by atoms with Gasteiger partial charge in [0.1, 0.15) is 0 Å². The number of rotatable bonds is 3. The summed E-state index contributed by atoms with van der Waals surface area (Å²) in [5, 5.41) is 4.42. The molecule has 0 amide bonds. The second kappa shape index (κ2) is 5.12. The maximum absolute atomic E-state index is 5.77. The van der Waals surface area contributed by atoms with E-state index >= 15 is 0 Å². The number of fused-ring (bicyclic) bond motifs is 1. The van der Waals surface area contributed by atoms with Crippen LogP contribution in [0.5, 0.6) is 0 Å². The molecule has 0 spiro atoms. The van der Waals surface area contributed by atoms with Gasteiger partial charge in [-0.3, -0.25) is 0 Å². The van der Waals surface area contributed by atoms with Crippen LogP contribution in [0, 0.1) is 5.92 Å². The third kappa shape index (κ3) is 2.57. The first-order chi connectivity index (χ1) is 8.81. The summed E-state index contributed by atoms with van der Waals surface area (Å²) in [5.74, 6) is 0.704. The van der Waals surface area contributed by atoms with Crippen molar-refractivity contribution in [3.05, 3.63) is 18.2 Å². The Hall–Kier alpha value is -1.33. The minimum absolute atomic E-state index is 0.704. The third-order valence-corrected chi connectivity index (χ3v) is 4.27. The van der Waals surface area contributed by atoms with Crippen LogP contribution in [0.2, 0.25) is 0 Å². The predicted molar refractivity (Wildman–Crippen MR) is 76.1 cm³/mol. The zero-order valence-electron chi connectivity index (χ0n) is 10.2. The van der Waals surface area contributed by atoms with E-state index in [0.717, 1.165) is 53.6 Å². The first-order valence-electron chi connectivity index (χ1n) is 6.29. The Labute approximate surface area is 110 Å². The molecule has 1 aliphatic heterocycles. The van der Waals surface area contributed by atoms with Gasteiger partial charge < -0.3 is 15.8 Å². The van der Waals surface area contributed by atoms with Gasteiger partial charge in [-0.05, 0) is 37.0 Å². The molecule has 1 fully saturated rings. The zero-order valence-corrected chi connectivity index (χ0v) is 11.0. The number of ether oxygens (including phenoxy) is 1. The van der Waals surface area contributed by atoms with Crippen LogP contribution in [-0.2, 0) is 4.74 Å². The summed E-state index contributed by atoms with van der Waals surface area (Å²) in [5.41, 5.74) is 7.58. The lowest BCUT2D eigenvalue weighted by atomic mass is 10.0. The average Bonchev–Trinajstić information content (AvgIpc) is 2.79. The lowest BCUT2D eigenvalue weighted by Gasteiger charge is -2.21. The molecular weight excluding hydrogens is 246 g/mol. The van der Waals surface area contributed by atoms with Crippen molar-refractivity contribution in [3.8, 4) is 0 Å². The van der Waals surface area contributed by atoms with Crippen molar-refractivity contribution in [1.82, 2.24) is 4.98 Å². The Balaban J connectivity index is 1.67. The highest BCUT2D eigenvalue weighted by Crippen LogP contribution is 2.28. The largest absolute Gasteiger partial charge is 0.399 e. The molecule has 4 nitrogen and oxygen atoms in total. The fourth-order valence-corrected chi connectivity index (χ4v) is 3.12. The molecule has 0 atom stereocenters. The van der Waals surface area contributed by atoms with Crippen LogP contribution >= 0.6 is 11.3 Å². The fraction of sp³-hybridized carbons (Fsp3) is 0.462. The van der Waals surface area contributed by atoms with E-state index < -0.39 is 0 Å². The number of nitrogen functional groups attached to an aromatic ring is 1. The van der Waals surface area contributed by atoms with Gasteiger partial charge in [-0.1, -0.05) is 11.3 Å². The van der Waals surface area contributed by atoms with Gasteiger partial charge in [-0.25, -0.2) is 4.98 Å². The minimum Gasteiger partial charge on any atom is -0.399 e. The fourth-order valence-electron chi connectivity index (χ4n) is 2.20. The summed E-state index contributed by atoms with van der Waals surface area (Å²) in [7, 11) is 0. The molecule has 3 rings (SSSR count). The molecule has 0 aliphatic carbocycles. The number of benzene rings is 1. The molecule has 2 aromatic rings. The average molecular weight is 263 g/mol. The van der Waals surface area contributed by atoms with Gasteiger partial charge >= 0.3 is 0 Å². The van der Waals surface area contributed by atoms with Gasteiger partial charge in [0.2, 0.25) is 0 Å². The van der Waals surface area contributed by atoms with Gasteiger partial charge in [0, 0.05) is 25.4 Å². The van der Waals surface area contributed by atoms with E-state index in [1.807, 2.05) is 18.2 Å². The van der Waals surface area contributed by atoms with E-state index in [9.17, 15) is 0 Å². The van der Waals surface area contributed by atoms with Gasteiger partial charge in [-0.15, -0.1) is 0 Å². The van der Waals surface area contributed by atoms with E-state index in [1.54, 1.807) is 11.3 Å². The van der Waals surface area contributed by atoms with Gasteiger partial charge in [0.25, 0.3) is 0 Å². The number of hydrogen-bond donors (Lipinski definition) is 2. The van der Waals surface area contributed by atoms with Gasteiger partial charge in [-0.2, -0.15) is 0 Å². The summed E-state index contributed by atoms with van der Waals surface area (Å²) >= 11 is 1.67. The Morgan fingerprint density at radius 1 is 1.39 bits per heavy atom. The van der Waals surface area contributed by atoms with Crippen molar-refractivity contribution >= 4 is 32.4 Å².